The van der Waals surface area contributed by atoms with Crippen LogP contribution in [0.4, 0.5) is 14.6 Å². The van der Waals surface area contributed by atoms with E-state index in [1.54, 1.807) is 24.3 Å². The molecule has 1 aromatic carbocycles. The Morgan fingerprint density at radius 2 is 1.84 bits per heavy atom. The van der Waals surface area contributed by atoms with E-state index in [9.17, 15) is 13.6 Å². The van der Waals surface area contributed by atoms with Crippen molar-refractivity contribution in [3.05, 3.63) is 47.7 Å². The van der Waals surface area contributed by atoms with Crippen LogP contribution in [-0.2, 0) is 6.54 Å². The lowest BCUT2D eigenvalue weighted by Crippen LogP contribution is -2.25. The first-order valence-corrected chi connectivity index (χ1v) is 8.02. The normalized spacial score (nSPS) is 14.0. The molecule has 0 unspecified atom stereocenters. The zero-order valence-electron chi connectivity index (χ0n) is 13.5. The fourth-order valence-corrected chi connectivity index (χ4v) is 2.62. The second-order valence-electron chi connectivity index (χ2n) is 5.68. The number of anilines is 1. The Balaban J connectivity index is 1.53. The second kappa shape index (κ2) is 7.87. The van der Waals surface area contributed by atoms with Gasteiger partial charge in [-0.25, -0.2) is 0 Å². The number of carbonyl (C=O) groups excluding carboxylic acids is 1. The van der Waals surface area contributed by atoms with Gasteiger partial charge in [0.15, 0.2) is 11.5 Å². The second-order valence-corrected chi connectivity index (χ2v) is 5.68. The molecule has 2 heterocycles. The van der Waals surface area contributed by atoms with Crippen molar-refractivity contribution in [3.8, 4) is 5.75 Å². The molecule has 0 atom stereocenters. The summed E-state index contributed by atoms with van der Waals surface area (Å²) in [6, 6.07) is 9.52. The summed E-state index contributed by atoms with van der Waals surface area (Å²) in [6.07, 6.45) is 2.29. The van der Waals surface area contributed by atoms with Gasteiger partial charge in [-0.3, -0.25) is 4.79 Å². The van der Waals surface area contributed by atoms with Crippen LogP contribution in [0.3, 0.4) is 0 Å². The maximum atomic E-state index is 12.1. The number of hydrogen-bond acceptors (Lipinski definition) is 5. The predicted molar refractivity (Wildman–Crippen MR) is 87.7 cm³/mol. The maximum Gasteiger partial charge on any atom is 0.387 e. The quantitative estimate of drug-likeness (QED) is 0.869. The molecule has 0 aliphatic carbocycles. The average Bonchev–Trinajstić information content (AvgIpc) is 3.15. The number of halogens is 2. The van der Waals surface area contributed by atoms with Crippen LogP contribution in [0.25, 0.3) is 0 Å². The summed E-state index contributed by atoms with van der Waals surface area (Å²) in [5.74, 6) is 0.519. The number of amides is 1. The highest BCUT2D eigenvalue weighted by Crippen LogP contribution is 2.17. The monoisotopic (exact) mass is 348 g/mol. The third-order valence-corrected chi connectivity index (χ3v) is 3.91. The summed E-state index contributed by atoms with van der Waals surface area (Å²) in [6.45, 7) is -0.673. The highest BCUT2D eigenvalue weighted by atomic mass is 19.3. The van der Waals surface area contributed by atoms with Crippen molar-refractivity contribution in [3.63, 3.8) is 0 Å². The summed E-state index contributed by atoms with van der Waals surface area (Å²) >= 11 is 0. The van der Waals surface area contributed by atoms with Gasteiger partial charge in [-0.1, -0.05) is 12.1 Å². The van der Waals surface area contributed by atoms with E-state index >= 15 is 0 Å². The summed E-state index contributed by atoms with van der Waals surface area (Å²) in [4.78, 5) is 14.2. The van der Waals surface area contributed by atoms with E-state index in [0.717, 1.165) is 37.3 Å². The SMILES string of the molecule is O=C(NCc1ccc(OC(F)F)cc1)c1ccc(N2CCCC2)nn1. The molecule has 6 nitrogen and oxygen atoms in total. The molecule has 1 saturated heterocycles. The Morgan fingerprint density at radius 1 is 1.12 bits per heavy atom. The van der Waals surface area contributed by atoms with Gasteiger partial charge in [0, 0.05) is 19.6 Å². The minimum absolute atomic E-state index is 0.0773. The molecule has 1 N–H and O–H groups in total. The summed E-state index contributed by atoms with van der Waals surface area (Å²) in [7, 11) is 0. The van der Waals surface area contributed by atoms with Gasteiger partial charge < -0.3 is 15.0 Å². The first kappa shape index (κ1) is 17.1. The van der Waals surface area contributed by atoms with E-state index in [-0.39, 0.29) is 23.9 Å². The van der Waals surface area contributed by atoms with Crippen molar-refractivity contribution in [1.29, 1.82) is 0 Å². The van der Waals surface area contributed by atoms with Crippen molar-refractivity contribution in [1.82, 2.24) is 15.5 Å². The number of alkyl halides is 2. The molecule has 0 spiro atoms. The van der Waals surface area contributed by atoms with Gasteiger partial charge >= 0.3 is 6.61 Å². The molecule has 1 fully saturated rings. The molecule has 1 aromatic heterocycles. The number of ether oxygens (including phenoxy) is 1. The smallest absolute Gasteiger partial charge is 0.387 e. The molecule has 8 heteroatoms. The molecule has 0 radical (unpaired) electrons. The number of carbonyl (C=O) groups is 1. The highest BCUT2D eigenvalue weighted by Gasteiger charge is 2.15. The van der Waals surface area contributed by atoms with Crippen molar-refractivity contribution < 1.29 is 18.3 Å². The van der Waals surface area contributed by atoms with Crippen LogP contribution in [0, 0.1) is 0 Å². The summed E-state index contributed by atoms with van der Waals surface area (Å²) < 4.78 is 28.5. The highest BCUT2D eigenvalue weighted by molar-refractivity contribution is 5.92. The topological polar surface area (TPSA) is 67.3 Å². The lowest BCUT2D eigenvalue weighted by molar-refractivity contribution is -0.0498. The standard InChI is InChI=1S/C17H18F2N4O2/c18-17(19)25-13-5-3-12(4-6-13)11-20-16(24)14-7-8-15(22-21-14)23-9-1-2-10-23/h3-8,17H,1-2,9-11H2,(H,20,24). The van der Waals surface area contributed by atoms with Crippen LogP contribution < -0.4 is 15.0 Å². The van der Waals surface area contributed by atoms with Crippen molar-refractivity contribution in [2.24, 2.45) is 0 Å². The van der Waals surface area contributed by atoms with Crippen LogP contribution in [-0.4, -0.2) is 35.8 Å². The van der Waals surface area contributed by atoms with Crippen molar-refractivity contribution in [2.45, 2.75) is 26.0 Å². The Bertz CT molecular complexity index is 702. The lowest BCUT2D eigenvalue weighted by atomic mass is 10.2. The molecule has 2 aromatic rings. The number of nitrogens with zero attached hydrogens (tertiary/aromatic N) is 3. The van der Waals surface area contributed by atoms with E-state index in [1.807, 2.05) is 0 Å². The van der Waals surface area contributed by atoms with Gasteiger partial charge in [0.1, 0.15) is 5.75 Å². The Morgan fingerprint density at radius 3 is 2.44 bits per heavy atom. The summed E-state index contributed by atoms with van der Waals surface area (Å²) in [5, 5.41) is 10.8. The van der Waals surface area contributed by atoms with E-state index in [2.05, 4.69) is 25.2 Å². The minimum Gasteiger partial charge on any atom is -0.435 e. The third-order valence-electron chi connectivity index (χ3n) is 3.91. The van der Waals surface area contributed by atoms with Gasteiger partial charge in [-0.15, -0.1) is 10.2 Å². The van der Waals surface area contributed by atoms with Gasteiger partial charge in [-0.05, 0) is 42.7 Å². The number of rotatable bonds is 6. The van der Waals surface area contributed by atoms with E-state index in [4.69, 9.17) is 0 Å². The van der Waals surface area contributed by atoms with Gasteiger partial charge in [0.05, 0.1) is 0 Å². The number of benzene rings is 1. The zero-order chi connectivity index (χ0) is 17.6. The van der Waals surface area contributed by atoms with Crippen LogP contribution in [0.2, 0.25) is 0 Å². The molecular formula is C17H18F2N4O2. The lowest BCUT2D eigenvalue weighted by Gasteiger charge is -2.15. The fraction of sp³-hybridized carbons (Fsp3) is 0.353. The first-order valence-electron chi connectivity index (χ1n) is 8.02. The predicted octanol–water partition coefficient (Wildman–Crippen LogP) is 2.61. The molecule has 1 amide bonds. The number of hydrogen-bond donors (Lipinski definition) is 1. The minimum atomic E-state index is -2.85. The largest absolute Gasteiger partial charge is 0.435 e. The molecular weight excluding hydrogens is 330 g/mol. The molecule has 1 aliphatic rings. The van der Waals surface area contributed by atoms with Crippen molar-refractivity contribution in [2.75, 3.05) is 18.0 Å². The molecule has 25 heavy (non-hydrogen) atoms. The summed E-state index contributed by atoms with van der Waals surface area (Å²) in [5.41, 5.74) is 0.997. The Kier molecular flexibility index (Phi) is 5.37. The van der Waals surface area contributed by atoms with E-state index < -0.39 is 6.61 Å². The molecule has 132 valence electrons. The Labute approximate surface area is 143 Å². The van der Waals surface area contributed by atoms with E-state index in [0.29, 0.717) is 0 Å². The first-order chi connectivity index (χ1) is 12.1. The maximum absolute atomic E-state index is 12.1. The molecule has 0 saturated carbocycles. The van der Waals surface area contributed by atoms with E-state index in [1.165, 1.54) is 12.1 Å². The Hall–Kier alpha value is -2.77. The van der Waals surface area contributed by atoms with Gasteiger partial charge in [0.2, 0.25) is 0 Å². The van der Waals surface area contributed by atoms with Crippen LogP contribution in [0.5, 0.6) is 5.75 Å². The third kappa shape index (κ3) is 4.62. The molecule has 3 rings (SSSR count). The number of aromatic nitrogens is 2. The average molecular weight is 348 g/mol. The molecule has 0 bridgehead atoms. The molecule has 1 aliphatic heterocycles. The van der Waals surface area contributed by atoms with Crippen LogP contribution >= 0.6 is 0 Å². The zero-order valence-corrected chi connectivity index (χ0v) is 13.5. The number of nitrogens with one attached hydrogen (secondary N) is 1. The van der Waals surface area contributed by atoms with Crippen molar-refractivity contribution >= 4 is 11.7 Å². The van der Waals surface area contributed by atoms with Crippen LogP contribution in [0.15, 0.2) is 36.4 Å². The van der Waals surface area contributed by atoms with Gasteiger partial charge in [-0.2, -0.15) is 8.78 Å². The fourth-order valence-electron chi connectivity index (χ4n) is 2.62. The van der Waals surface area contributed by atoms with Gasteiger partial charge in [0.25, 0.3) is 5.91 Å². The van der Waals surface area contributed by atoms with Crippen LogP contribution in [0.1, 0.15) is 28.9 Å².